The molecule has 0 atom stereocenters. The highest BCUT2D eigenvalue weighted by Crippen LogP contribution is 2.34. The van der Waals surface area contributed by atoms with Gasteiger partial charge in [-0.2, -0.15) is 18.4 Å². The molecule has 0 radical (unpaired) electrons. The number of aromatic amines is 1. The van der Waals surface area contributed by atoms with E-state index in [4.69, 9.17) is 9.47 Å². The Hall–Kier alpha value is -3.63. The number of hydrogen-bond donors (Lipinski definition) is 2. The third-order valence-electron chi connectivity index (χ3n) is 3.38. The summed E-state index contributed by atoms with van der Waals surface area (Å²) in [6.07, 6.45) is -4.43. The lowest BCUT2D eigenvalue weighted by molar-refractivity contribution is -0.137. The number of halogens is 3. The summed E-state index contributed by atoms with van der Waals surface area (Å²) in [6, 6.07) is 8.76. The maximum Gasteiger partial charge on any atom is 0.416 e. The van der Waals surface area contributed by atoms with Crippen LogP contribution in [0.15, 0.2) is 42.5 Å². The molecule has 1 aromatic heterocycles. The summed E-state index contributed by atoms with van der Waals surface area (Å²) in [7, 11) is 1.41. The van der Waals surface area contributed by atoms with E-state index < -0.39 is 17.6 Å². The summed E-state index contributed by atoms with van der Waals surface area (Å²) in [5.41, 5.74) is -0.519. The van der Waals surface area contributed by atoms with E-state index in [0.29, 0.717) is 5.75 Å². The molecule has 8 nitrogen and oxygen atoms in total. The quantitative estimate of drug-likeness (QED) is 0.705. The van der Waals surface area contributed by atoms with Gasteiger partial charge in [0, 0.05) is 6.07 Å². The lowest BCUT2D eigenvalue weighted by atomic mass is 10.2. The van der Waals surface area contributed by atoms with Crippen LogP contribution in [0.3, 0.4) is 0 Å². The normalized spacial score (nSPS) is 11.1. The highest BCUT2D eigenvalue weighted by molar-refractivity contribution is 6.02. The monoisotopic (exact) mass is 379 g/mol. The van der Waals surface area contributed by atoms with Gasteiger partial charge in [0.1, 0.15) is 17.2 Å². The minimum absolute atomic E-state index is 0.175. The Morgan fingerprint density at radius 3 is 2.41 bits per heavy atom. The van der Waals surface area contributed by atoms with E-state index in [1.807, 2.05) is 0 Å². The first-order valence-corrected chi connectivity index (χ1v) is 7.45. The number of nitrogens with one attached hydrogen (secondary N) is 2. The van der Waals surface area contributed by atoms with Crippen LogP contribution in [0, 0.1) is 0 Å². The standard InChI is InChI=1S/C16H12F3N5O3/c1-26-13-7-6-11(8-12(13)20-15(25)14-21-23-24-22-14)27-10-4-2-9(3-5-10)16(17,18)19/h2-8H,1H3,(H,20,25)(H,21,22,23,24). The fraction of sp³-hybridized carbons (Fsp3) is 0.125. The second-order valence-corrected chi connectivity index (χ2v) is 5.18. The number of aromatic nitrogens is 4. The summed E-state index contributed by atoms with van der Waals surface area (Å²) in [5, 5.41) is 15.1. The predicted octanol–water partition coefficient (Wildman–Crippen LogP) is 3.27. The molecule has 1 amide bonds. The van der Waals surface area contributed by atoms with Gasteiger partial charge in [-0.1, -0.05) is 0 Å². The molecular formula is C16H12F3N5O3. The largest absolute Gasteiger partial charge is 0.495 e. The van der Waals surface area contributed by atoms with E-state index in [1.54, 1.807) is 6.07 Å². The van der Waals surface area contributed by atoms with E-state index >= 15 is 0 Å². The summed E-state index contributed by atoms with van der Waals surface area (Å²) in [6.45, 7) is 0. The van der Waals surface area contributed by atoms with Crippen molar-refractivity contribution in [2.24, 2.45) is 0 Å². The van der Waals surface area contributed by atoms with Crippen LogP contribution < -0.4 is 14.8 Å². The Bertz CT molecular complexity index is 927. The number of amides is 1. The molecule has 0 saturated carbocycles. The predicted molar refractivity (Wildman–Crippen MR) is 86.6 cm³/mol. The SMILES string of the molecule is COc1ccc(Oc2ccc(C(F)(F)F)cc2)cc1NC(=O)c1nn[nH]n1. The van der Waals surface area contributed by atoms with E-state index in [-0.39, 0.29) is 23.0 Å². The molecule has 11 heteroatoms. The van der Waals surface area contributed by atoms with Gasteiger partial charge >= 0.3 is 6.18 Å². The summed E-state index contributed by atoms with van der Waals surface area (Å²) >= 11 is 0. The molecule has 0 fully saturated rings. The average molecular weight is 379 g/mol. The highest BCUT2D eigenvalue weighted by Gasteiger charge is 2.30. The number of anilines is 1. The van der Waals surface area contributed by atoms with E-state index in [0.717, 1.165) is 12.1 Å². The smallest absolute Gasteiger partial charge is 0.416 e. The molecule has 0 bridgehead atoms. The number of carbonyl (C=O) groups is 1. The number of ether oxygens (including phenoxy) is 2. The van der Waals surface area contributed by atoms with Gasteiger partial charge < -0.3 is 14.8 Å². The zero-order chi connectivity index (χ0) is 19.4. The van der Waals surface area contributed by atoms with Crippen LogP contribution in [0.1, 0.15) is 16.2 Å². The number of tetrazole rings is 1. The second-order valence-electron chi connectivity index (χ2n) is 5.18. The Balaban J connectivity index is 1.79. The third kappa shape index (κ3) is 4.32. The van der Waals surface area contributed by atoms with E-state index in [2.05, 4.69) is 25.9 Å². The number of rotatable bonds is 5. The molecule has 0 aliphatic rings. The minimum Gasteiger partial charge on any atom is -0.495 e. The van der Waals surface area contributed by atoms with Gasteiger partial charge in [-0.15, -0.1) is 10.2 Å². The molecule has 0 aliphatic heterocycles. The van der Waals surface area contributed by atoms with Gasteiger partial charge in [0.05, 0.1) is 18.4 Å². The van der Waals surface area contributed by atoms with E-state index in [9.17, 15) is 18.0 Å². The van der Waals surface area contributed by atoms with Gasteiger partial charge in [-0.05, 0) is 41.6 Å². The van der Waals surface area contributed by atoms with Crippen LogP contribution in [0.5, 0.6) is 17.2 Å². The molecule has 140 valence electrons. The van der Waals surface area contributed by atoms with Gasteiger partial charge in [-0.3, -0.25) is 4.79 Å². The van der Waals surface area contributed by atoms with E-state index in [1.165, 1.54) is 31.4 Å². The van der Waals surface area contributed by atoms with Crippen molar-refractivity contribution in [3.05, 3.63) is 53.9 Å². The first kappa shape index (κ1) is 18.2. The van der Waals surface area contributed by atoms with Crippen LogP contribution in [0.2, 0.25) is 0 Å². The van der Waals surface area contributed by atoms with Crippen LogP contribution in [0.4, 0.5) is 18.9 Å². The number of H-pyrrole nitrogens is 1. The number of methoxy groups -OCH3 is 1. The first-order chi connectivity index (χ1) is 12.9. The van der Waals surface area contributed by atoms with Gasteiger partial charge in [0.2, 0.25) is 0 Å². The Labute approximate surface area is 150 Å². The molecule has 0 aliphatic carbocycles. The molecule has 2 aromatic carbocycles. The number of carbonyl (C=O) groups excluding carboxylic acids is 1. The summed E-state index contributed by atoms with van der Waals surface area (Å²) in [5.74, 6) is 0.00837. The zero-order valence-electron chi connectivity index (χ0n) is 13.7. The molecule has 0 spiro atoms. The number of hydrogen-bond acceptors (Lipinski definition) is 6. The van der Waals surface area contributed by atoms with Crippen molar-refractivity contribution in [3.63, 3.8) is 0 Å². The van der Waals surface area contributed by atoms with Crippen molar-refractivity contribution in [1.29, 1.82) is 0 Å². The molecule has 3 rings (SSSR count). The molecule has 1 heterocycles. The maximum absolute atomic E-state index is 12.6. The van der Waals surface area contributed by atoms with Crippen LogP contribution in [-0.2, 0) is 6.18 Å². The van der Waals surface area contributed by atoms with Crippen molar-refractivity contribution < 1.29 is 27.4 Å². The number of nitrogens with zero attached hydrogens (tertiary/aromatic N) is 3. The molecule has 0 unspecified atom stereocenters. The van der Waals surface area contributed by atoms with Crippen molar-refractivity contribution in [3.8, 4) is 17.2 Å². The van der Waals surface area contributed by atoms with Gasteiger partial charge in [-0.25, -0.2) is 0 Å². The molecule has 3 aromatic rings. The molecule has 27 heavy (non-hydrogen) atoms. The van der Waals surface area contributed by atoms with Crippen LogP contribution in [-0.4, -0.2) is 33.6 Å². The van der Waals surface area contributed by atoms with Gasteiger partial charge in [0.25, 0.3) is 11.7 Å². The molecule has 2 N–H and O–H groups in total. The zero-order valence-corrected chi connectivity index (χ0v) is 13.7. The van der Waals surface area contributed by atoms with Crippen molar-refractivity contribution >= 4 is 11.6 Å². The van der Waals surface area contributed by atoms with Crippen molar-refractivity contribution in [2.45, 2.75) is 6.18 Å². The van der Waals surface area contributed by atoms with Crippen molar-refractivity contribution in [2.75, 3.05) is 12.4 Å². The average Bonchev–Trinajstić information content (AvgIpc) is 3.16. The first-order valence-electron chi connectivity index (χ1n) is 7.45. The second kappa shape index (κ2) is 7.32. The Morgan fingerprint density at radius 2 is 1.81 bits per heavy atom. The fourth-order valence-corrected chi connectivity index (χ4v) is 2.13. The number of alkyl halides is 3. The lowest BCUT2D eigenvalue weighted by Gasteiger charge is -2.12. The highest BCUT2D eigenvalue weighted by atomic mass is 19.4. The molecule has 0 saturated heterocycles. The van der Waals surface area contributed by atoms with Gasteiger partial charge in [0.15, 0.2) is 0 Å². The van der Waals surface area contributed by atoms with Crippen molar-refractivity contribution in [1.82, 2.24) is 20.6 Å². The Morgan fingerprint density at radius 1 is 1.11 bits per heavy atom. The summed E-state index contributed by atoms with van der Waals surface area (Å²) in [4.78, 5) is 12.0. The topological polar surface area (TPSA) is 102 Å². The van der Waals surface area contributed by atoms with Crippen LogP contribution >= 0.6 is 0 Å². The van der Waals surface area contributed by atoms with Crippen LogP contribution in [0.25, 0.3) is 0 Å². The third-order valence-corrected chi connectivity index (χ3v) is 3.38. The Kier molecular flexibility index (Phi) is 4.92. The maximum atomic E-state index is 12.6. The summed E-state index contributed by atoms with van der Waals surface area (Å²) < 4.78 is 48.5. The minimum atomic E-state index is -4.43. The number of benzene rings is 2. The molecular weight excluding hydrogens is 367 g/mol. The lowest BCUT2D eigenvalue weighted by Crippen LogP contribution is -2.14. The fourth-order valence-electron chi connectivity index (χ4n) is 2.13.